The van der Waals surface area contributed by atoms with Crippen molar-refractivity contribution in [1.82, 2.24) is 14.7 Å². The van der Waals surface area contributed by atoms with Gasteiger partial charge in [-0.2, -0.15) is 0 Å². The number of ether oxygens (including phenoxy) is 1. The van der Waals surface area contributed by atoms with Crippen molar-refractivity contribution in [2.75, 3.05) is 38.2 Å². The lowest BCUT2D eigenvalue weighted by atomic mass is 10.1. The fourth-order valence-electron chi connectivity index (χ4n) is 5.01. The molecule has 2 unspecified atom stereocenters. The average Bonchev–Trinajstić information content (AvgIpc) is 3.11. The standard InChI is InChI=1S/C26H31N5O3/c1-3-34-21-13-11-20(12-14-21)29-16-7-8-17-30-22-23(27-25(29)30)28(2)26(33)31(24(22)32)18-15-19-9-5-4-6-10-19/h4-6,9-14,22-23H,3,7-8,15-18H2,1-2H3. The Kier molecular flexibility index (Phi) is 6.13. The van der Waals surface area contributed by atoms with Gasteiger partial charge in [0.1, 0.15) is 5.75 Å². The van der Waals surface area contributed by atoms with Crippen LogP contribution in [-0.4, -0.2) is 78.1 Å². The number of hydrogen-bond donors (Lipinski definition) is 0. The van der Waals surface area contributed by atoms with Crippen molar-refractivity contribution >= 4 is 23.6 Å². The van der Waals surface area contributed by atoms with Crippen LogP contribution in [0.5, 0.6) is 5.75 Å². The summed E-state index contributed by atoms with van der Waals surface area (Å²) < 4.78 is 5.59. The summed E-state index contributed by atoms with van der Waals surface area (Å²) in [4.78, 5) is 39.0. The van der Waals surface area contributed by atoms with Gasteiger partial charge in [-0.05, 0) is 56.0 Å². The number of guanidine groups is 1. The van der Waals surface area contributed by atoms with E-state index in [2.05, 4.69) is 9.80 Å². The smallest absolute Gasteiger partial charge is 0.328 e. The highest BCUT2D eigenvalue weighted by molar-refractivity contribution is 6.07. The molecule has 2 aromatic carbocycles. The number of likely N-dealkylation sites (N-methyl/N-ethyl adjacent to an activating group) is 1. The molecule has 34 heavy (non-hydrogen) atoms. The highest BCUT2D eigenvalue weighted by Crippen LogP contribution is 2.33. The van der Waals surface area contributed by atoms with Crippen LogP contribution in [0.3, 0.4) is 0 Å². The minimum Gasteiger partial charge on any atom is -0.494 e. The van der Waals surface area contributed by atoms with Crippen molar-refractivity contribution in [2.45, 2.75) is 38.4 Å². The monoisotopic (exact) mass is 461 g/mol. The van der Waals surface area contributed by atoms with Gasteiger partial charge in [-0.3, -0.25) is 9.69 Å². The lowest BCUT2D eigenvalue weighted by molar-refractivity contribution is -0.137. The zero-order chi connectivity index (χ0) is 23.7. The van der Waals surface area contributed by atoms with E-state index in [1.165, 1.54) is 4.90 Å². The quantitative estimate of drug-likeness (QED) is 0.661. The molecule has 0 N–H and O–H groups in total. The first kappa shape index (κ1) is 22.3. The number of carbonyl (C=O) groups is 2. The first-order valence-corrected chi connectivity index (χ1v) is 12.1. The van der Waals surface area contributed by atoms with Crippen molar-refractivity contribution < 1.29 is 14.3 Å². The molecule has 3 heterocycles. The van der Waals surface area contributed by atoms with E-state index in [0.29, 0.717) is 19.6 Å². The highest BCUT2D eigenvalue weighted by Gasteiger charge is 2.53. The molecule has 8 heteroatoms. The van der Waals surface area contributed by atoms with Gasteiger partial charge in [0.05, 0.1) is 6.61 Å². The Morgan fingerprint density at radius 2 is 1.74 bits per heavy atom. The first-order valence-electron chi connectivity index (χ1n) is 12.1. The SMILES string of the molecule is CCOc1ccc(N2CCCCN3C2=NC2C3C(=O)N(CCc3ccccc3)C(=O)N2C)cc1. The van der Waals surface area contributed by atoms with E-state index in [1.807, 2.05) is 61.5 Å². The van der Waals surface area contributed by atoms with E-state index in [9.17, 15) is 9.59 Å². The molecule has 0 radical (unpaired) electrons. The number of nitrogens with zero attached hydrogens (tertiary/aromatic N) is 5. The number of hydrogen-bond acceptors (Lipinski definition) is 6. The van der Waals surface area contributed by atoms with Gasteiger partial charge >= 0.3 is 6.03 Å². The van der Waals surface area contributed by atoms with Crippen molar-refractivity contribution in [2.24, 2.45) is 4.99 Å². The van der Waals surface area contributed by atoms with E-state index in [0.717, 1.165) is 48.9 Å². The Morgan fingerprint density at radius 1 is 1.00 bits per heavy atom. The molecule has 2 fully saturated rings. The number of benzene rings is 2. The molecule has 2 atom stereocenters. The Bertz CT molecular complexity index is 1070. The summed E-state index contributed by atoms with van der Waals surface area (Å²) in [6, 6.07) is 17.2. The van der Waals surface area contributed by atoms with E-state index in [1.54, 1.807) is 11.9 Å². The molecule has 3 aliphatic heterocycles. The van der Waals surface area contributed by atoms with Crippen molar-refractivity contribution in [3.8, 4) is 5.75 Å². The Hall–Kier alpha value is -3.55. The van der Waals surface area contributed by atoms with Gasteiger partial charge in [0.15, 0.2) is 12.2 Å². The fourth-order valence-corrected chi connectivity index (χ4v) is 5.01. The van der Waals surface area contributed by atoms with Gasteiger partial charge in [0.2, 0.25) is 5.96 Å². The van der Waals surface area contributed by atoms with Crippen LogP contribution in [0, 0.1) is 0 Å². The number of rotatable bonds is 6. The fraction of sp³-hybridized carbons (Fsp3) is 0.423. The minimum absolute atomic E-state index is 0.156. The van der Waals surface area contributed by atoms with Crippen LogP contribution in [0.25, 0.3) is 0 Å². The summed E-state index contributed by atoms with van der Waals surface area (Å²) in [5.74, 6) is 1.44. The molecule has 0 spiro atoms. The predicted molar refractivity (Wildman–Crippen MR) is 131 cm³/mol. The molecule has 3 amide bonds. The summed E-state index contributed by atoms with van der Waals surface area (Å²) >= 11 is 0. The Morgan fingerprint density at radius 3 is 2.47 bits per heavy atom. The molecule has 0 aromatic heterocycles. The molecule has 178 valence electrons. The summed E-state index contributed by atoms with van der Waals surface area (Å²) in [6.07, 6.45) is 2.09. The second-order valence-electron chi connectivity index (χ2n) is 8.89. The summed E-state index contributed by atoms with van der Waals surface area (Å²) in [5, 5.41) is 0. The Balaban J connectivity index is 1.40. The number of anilines is 1. The molecule has 3 aliphatic rings. The maximum absolute atomic E-state index is 13.6. The number of aliphatic imine (C=N–C) groups is 1. The van der Waals surface area contributed by atoms with Crippen LogP contribution in [0.1, 0.15) is 25.3 Å². The van der Waals surface area contributed by atoms with E-state index < -0.39 is 12.2 Å². The lowest BCUT2D eigenvalue weighted by Crippen LogP contribution is -2.65. The second kappa shape index (κ2) is 9.37. The average molecular weight is 462 g/mol. The third-order valence-corrected chi connectivity index (χ3v) is 6.77. The highest BCUT2D eigenvalue weighted by atomic mass is 16.5. The predicted octanol–water partition coefficient (Wildman–Crippen LogP) is 3.19. The number of carbonyl (C=O) groups excluding carboxylic acids is 2. The van der Waals surface area contributed by atoms with Crippen LogP contribution in [0.15, 0.2) is 59.6 Å². The van der Waals surface area contributed by atoms with Crippen LogP contribution in [0.2, 0.25) is 0 Å². The lowest BCUT2D eigenvalue weighted by Gasteiger charge is -2.41. The van der Waals surface area contributed by atoms with Crippen molar-refractivity contribution in [1.29, 1.82) is 0 Å². The molecule has 5 rings (SSSR count). The van der Waals surface area contributed by atoms with Gasteiger partial charge in [0.25, 0.3) is 5.91 Å². The normalized spacial score (nSPS) is 22.4. The van der Waals surface area contributed by atoms with Gasteiger partial charge < -0.3 is 19.4 Å². The number of fused-ring (bicyclic) bond motifs is 3. The number of imide groups is 1. The van der Waals surface area contributed by atoms with Gasteiger partial charge in [-0.25, -0.2) is 9.79 Å². The molecule has 0 bridgehead atoms. The van der Waals surface area contributed by atoms with Crippen LogP contribution in [-0.2, 0) is 11.2 Å². The molecule has 0 saturated carbocycles. The second-order valence-corrected chi connectivity index (χ2v) is 8.89. The molecule has 0 aliphatic carbocycles. The van der Waals surface area contributed by atoms with Crippen LogP contribution in [0.4, 0.5) is 10.5 Å². The van der Waals surface area contributed by atoms with Gasteiger partial charge in [-0.15, -0.1) is 0 Å². The van der Waals surface area contributed by atoms with Crippen LogP contribution < -0.4 is 9.64 Å². The molecular formula is C26H31N5O3. The molecule has 2 saturated heterocycles. The third kappa shape index (κ3) is 3.97. The van der Waals surface area contributed by atoms with Crippen molar-refractivity contribution in [3.05, 3.63) is 60.2 Å². The van der Waals surface area contributed by atoms with E-state index >= 15 is 0 Å². The minimum atomic E-state index is -0.508. The summed E-state index contributed by atoms with van der Waals surface area (Å²) in [6.45, 7) is 4.50. The maximum atomic E-state index is 13.6. The third-order valence-electron chi connectivity index (χ3n) is 6.77. The maximum Gasteiger partial charge on any atom is 0.328 e. The number of urea groups is 1. The van der Waals surface area contributed by atoms with Crippen molar-refractivity contribution in [3.63, 3.8) is 0 Å². The Labute approximate surface area is 200 Å². The summed E-state index contributed by atoms with van der Waals surface area (Å²) in [5.41, 5.74) is 2.11. The summed E-state index contributed by atoms with van der Waals surface area (Å²) in [7, 11) is 1.75. The topological polar surface area (TPSA) is 68.7 Å². The van der Waals surface area contributed by atoms with Gasteiger partial charge in [-0.1, -0.05) is 30.3 Å². The van der Waals surface area contributed by atoms with E-state index in [4.69, 9.17) is 9.73 Å². The van der Waals surface area contributed by atoms with Gasteiger partial charge in [0, 0.05) is 32.4 Å². The molecule has 2 aromatic rings. The molecule has 8 nitrogen and oxygen atoms in total. The first-order chi connectivity index (χ1) is 16.6. The largest absolute Gasteiger partial charge is 0.494 e. The molecular weight excluding hydrogens is 430 g/mol. The van der Waals surface area contributed by atoms with Crippen LogP contribution >= 0.6 is 0 Å². The number of amides is 3. The van der Waals surface area contributed by atoms with E-state index in [-0.39, 0.29) is 11.9 Å². The zero-order valence-electron chi connectivity index (χ0n) is 19.8. The zero-order valence-corrected chi connectivity index (χ0v) is 19.8.